The highest BCUT2D eigenvalue weighted by atomic mass is 32.2. The number of rotatable bonds is 11. The standard InChI is InChI=1S/C27H32N2O4S/c1-4-21-12-16-25(17-13-21)33-19-18-28-27(30)24-14-10-22(11-15-24)20-29(34(3,31)32)26-9-7-6-8-23(26)5-2/h6-17H,4-5,18-20H2,1-3H3,(H,28,30). The number of ether oxygens (including phenoxy) is 1. The number of nitrogens with zero attached hydrogens (tertiary/aromatic N) is 1. The molecule has 0 aromatic heterocycles. The van der Waals surface area contributed by atoms with Crippen molar-refractivity contribution in [1.29, 1.82) is 0 Å². The smallest absolute Gasteiger partial charge is 0.251 e. The van der Waals surface area contributed by atoms with Crippen LogP contribution < -0.4 is 14.4 Å². The van der Waals surface area contributed by atoms with Crippen molar-refractivity contribution < 1.29 is 17.9 Å². The lowest BCUT2D eigenvalue weighted by Gasteiger charge is -2.25. The van der Waals surface area contributed by atoms with Gasteiger partial charge in [0.25, 0.3) is 5.91 Å². The first-order valence-corrected chi connectivity index (χ1v) is 13.3. The third-order valence-corrected chi connectivity index (χ3v) is 6.70. The van der Waals surface area contributed by atoms with Crippen LogP contribution >= 0.6 is 0 Å². The fraction of sp³-hybridized carbons (Fsp3) is 0.296. The zero-order valence-corrected chi connectivity index (χ0v) is 20.8. The molecule has 0 spiro atoms. The molecule has 1 amide bonds. The quantitative estimate of drug-likeness (QED) is 0.408. The van der Waals surface area contributed by atoms with Crippen LogP contribution in [0.5, 0.6) is 5.75 Å². The average Bonchev–Trinajstić information content (AvgIpc) is 2.85. The first-order valence-electron chi connectivity index (χ1n) is 11.5. The molecule has 0 heterocycles. The van der Waals surface area contributed by atoms with Crippen LogP contribution in [0.4, 0.5) is 5.69 Å². The van der Waals surface area contributed by atoms with Gasteiger partial charge in [0, 0.05) is 5.56 Å². The largest absolute Gasteiger partial charge is 0.492 e. The number of benzene rings is 3. The third-order valence-electron chi connectivity index (χ3n) is 5.57. The second-order valence-corrected chi connectivity index (χ2v) is 9.96. The van der Waals surface area contributed by atoms with E-state index in [0.29, 0.717) is 24.4 Å². The van der Waals surface area contributed by atoms with Crippen molar-refractivity contribution in [1.82, 2.24) is 5.32 Å². The molecule has 34 heavy (non-hydrogen) atoms. The number of carbonyl (C=O) groups is 1. The van der Waals surface area contributed by atoms with Gasteiger partial charge in [-0.3, -0.25) is 9.10 Å². The molecule has 1 N–H and O–H groups in total. The molecule has 0 unspecified atom stereocenters. The van der Waals surface area contributed by atoms with Crippen LogP contribution in [0, 0.1) is 0 Å². The van der Waals surface area contributed by atoms with E-state index in [4.69, 9.17) is 4.74 Å². The lowest BCUT2D eigenvalue weighted by molar-refractivity contribution is 0.0947. The van der Waals surface area contributed by atoms with Crippen LogP contribution in [-0.4, -0.2) is 33.7 Å². The predicted molar refractivity (Wildman–Crippen MR) is 137 cm³/mol. The van der Waals surface area contributed by atoms with Gasteiger partial charge in [-0.15, -0.1) is 0 Å². The van der Waals surface area contributed by atoms with Crippen molar-refractivity contribution in [2.75, 3.05) is 23.7 Å². The highest BCUT2D eigenvalue weighted by Crippen LogP contribution is 2.25. The van der Waals surface area contributed by atoms with Crippen LogP contribution in [0.3, 0.4) is 0 Å². The zero-order chi connectivity index (χ0) is 24.6. The summed E-state index contributed by atoms with van der Waals surface area (Å²) in [5.41, 5.74) is 4.20. The maximum Gasteiger partial charge on any atom is 0.251 e. The van der Waals surface area contributed by atoms with Gasteiger partial charge in [0.1, 0.15) is 12.4 Å². The van der Waals surface area contributed by atoms with E-state index in [1.54, 1.807) is 24.3 Å². The maximum atomic E-state index is 12.5. The van der Waals surface area contributed by atoms with E-state index < -0.39 is 10.0 Å². The Labute approximate surface area is 202 Å². The van der Waals surface area contributed by atoms with Gasteiger partial charge in [0.15, 0.2) is 0 Å². The van der Waals surface area contributed by atoms with Crippen molar-refractivity contribution in [3.8, 4) is 5.75 Å². The lowest BCUT2D eigenvalue weighted by Crippen LogP contribution is -2.30. The summed E-state index contributed by atoms with van der Waals surface area (Å²) < 4.78 is 32.1. The fourth-order valence-electron chi connectivity index (χ4n) is 3.62. The summed E-state index contributed by atoms with van der Waals surface area (Å²) in [5.74, 6) is 0.573. The Morgan fingerprint density at radius 2 is 1.53 bits per heavy atom. The number of amides is 1. The summed E-state index contributed by atoms with van der Waals surface area (Å²) in [5, 5.41) is 2.85. The lowest BCUT2D eigenvalue weighted by atomic mass is 10.1. The molecule has 0 aliphatic heterocycles. The molecule has 3 rings (SSSR count). The molecule has 0 saturated heterocycles. The van der Waals surface area contributed by atoms with Gasteiger partial charge in [-0.2, -0.15) is 0 Å². The number of para-hydroxylation sites is 1. The van der Waals surface area contributed by atoms with Crippen LogP contribution in [0.15, 0.2) is 72.8 Å². The predicted octanol–water partition coefficient (Wildman–Crippen LogP) is 4.59. The summed E-state index contributed by atoms with van der Waals surface area (Å²) in [6.45, 7) is 5.05. The van der Waals surface area contributed by atoms with Crippen molar-refractivity contribution >= 4 is 21.6 Å². The summed E-state index contributed by atoms with van der Waals surface area (Å²) in [6, 6.07) is 22.4. The second kappa shape index (κ2) is 11.7. The van der Waals surface area contributed by atoms with Gasteiger partial charge in [0.2, 0.25) is 10.0 Å². The number of hydrogen-bond donors (Lipinski definition) is 1. The summed E-state index contributed by atoms with van der Waals surface area (Å²) >= 11 is 0. The first-order chi connectivity index (χ1) is 16.3. The Morgan fingerprint density at radius 1 is 0.882 bits per heavy atom. The minimum absolute atomic E-state index is 0.197. The summed E-state index contributed by atoms with van der Waals surface area (Å²) in [7, 11) is -3.48. The van der Waals surface area contributed by atoms with Crippen LogP contribution in [0.25, 0.3) is 0 Å². The number of hydrogen-bond acceptors (Lipinski definition) is 4. The number of aryl methyl sites for hydroxylation is 2. The Kier molecular flexibility index (Phi) is 8.71. The van der Waals surface area contributed by atoms with Gasteiger partial charge in [0.05, 0.1) is 25.0 Å². The Balaban J connectivity index is 1.58. The number of carbonyl (C=O) groups excluding carboxylic acids is 1. The van der Waals surface area contributed by atoms with E-state index in [9.17, 15) is 13.2 Å². The second-order valence-electron chi connectivity index (χ2n) is 8.05. The molecule has 0 aliphatic rings. The minimum Gasteiger partial charge on any atom is -0.492 e. The van der Waals surface area contributed by atoms with Gasteiger partial charge in [-0.25, -0.2) is 8.42 Å². The fourth-order valence-corrected chi connectivity index (χ4v) is 4.54. The Hall–Kier alpha value is -3.32. The molecule has 3 aromatic rings. The molecule has 0 fully saturated rings. The maximum absolute atomic E-state index is 12.5. The first kappa shape index (κ1) is 25.3. The van der Waals surface area contributed by atoms with E-state index in [-0.39, 0.29) is 12.5 Å². The number of nitrogens with one attached hydrogen (secondary N) is 1. The van der Waals surface area contributed by atoms with Crippen LogP contribution in [0.2, 0.25) is 0 Å². The van der Waals surface area contributed by atoms with Gasteiger partial charge in [-0.1, -0.05) is 56.3 Å². The van der Waals surface area contributed by atoms with Crippen molar-refractivity contribution in [3.05, 3.63) is 95.1 Å². The molecule has 6 nitrogen and oxygen atoms in total. The van der Waals surface area contributed by atoms with E-state index >= 15 is 0 Å². The highest BCUT2D eigenvalue weighted by molar-refractivity contribution is 7.92. The third kappa shape index (κ3) is 6.84. The minimum atomic E-state index is -3.48. The average molecular weight is 481 g/mol. The van der Waals surface area contributed by atoms with E-state index in [1.165, 1.54) is 16.1 Å². The molecule has 180 valence electrons. The van der Waals surface area contributed by atoms with E-state index in [0.717, 1.165) is 29.7 Å². The summed E-state index contributed by atoms with van der Waals surface area (Å²) in [6.07, 6.45) is 2.92. The number of sulfonamides is 1. The Morgan fingerprint density at radius 3 is 2.15 bits per heavy atom. The van der Waals surface area contributed by atoms with E-state index in [2.05, 4.69) is 12.2 Å². The van der Waals surface area contributed by atoms with Crippen molar-refractivity contribution in [2.45, 2.75) is 33.2 Å². The highest BCUT2D eigenvalue weighted by Gasteiger charge is 2.20. The van der Waals surface area contributed by atoms with Crippen LogP contribution in [-0.2, 0) is 29.4 Å². The molecule has 0 atom stereocenters. The summed E-state index contributed by atoms with van der Waals surface area (Å²) in [4.78, 5) is 12.5. The molecular formula is C27H32N2O4S. The van der Waals surface area contributed by atoms with Gasteiger partial charge in [-0.05, 0) is 59.9 Å². The van der Waals surface area contributed by atoms with Crippen LogP contribution in [0.1, 0.15) is 40.9 Å². The molecule has 0 saturated carbocycles. The van der Waals surface area contributed by atoms with E-state index in [1.807, 2.05) is 55.5 Å². The molecule has 3 aromatic carbocycles. The van der Waals surface area contributed by atoms with Gasteiger partial charge < -0.3 is 10.1 Å². The zero-order valence-electron chi connectivity index (χ0n) is 20.0. The molecule has 0 aliphatic carbocycles. The molecule has 0 radical (unpaired) electrons. The number of anilines is 1. The molecule has 7 heteroatoms. The SMILES string of the molecule is CCc1ccc(OCCNC(=O)c2ccc(CN(c3ccccc3CC)S(C)(=O)=O)cc2)cc1. The Bertz CT molecular complexity index is 1190. The molecular weight excluding hydrogens is 448 g/mol. The van der Waals surface area contributed by atoms with Gasteiger partial charge >= 0.3 is 0 Å². The van der Waals surface area contributed by atoms with Crippen molar-refractivity contribution in [3.63, 3.8) is 0 Å². The normalized spacial score (nSPS) is 11.1. The monoisotopic (exact) mass is 480 g/mol. The topological polar surface area (TPSA) is 75.7 Å². The molecule has 0 bridgehead atoms. The van der Waals surface area contributed by atoms with Crippen molar-refractivity contribution in [2.24, 2.45) is 0 Å².